The predicted octanol–water partition coefficient (Wildman–Crippen LogP) is 2.68. The van der Waals surface area contributed by atoms with Crippen molar-refractivity contribution in [3.8, 4) is 0 Å². The molecule has 1 rings (SSSR count). The number of aliphatic imine (C=N–C) groups is 1. The first-order valence-corrected chi connectivity index (χ1v) is 7.30. The number of nitrogens with one attached hydrogen (secondary N) is 2. The average Bonchev–Trinajstić information content (AvgIpc) is 2.43. The summed E-state index contributed by atoms with van der Waals surface area (Å²) in [5.74, 6) is -1.04. The van der Waals surface area contributed by atoms with Crippen molar-refractivity contribution in [2.75, 3.05) is 33.7 Å². The Morgan fingerprint density at radius 2 is 1.96 bits per heavy atom. The zero-order valence-corrected chi connectivity index (χ0v) is 13.7. The van der Waals surface area contributed by atoms with E-state index in [9.17, 15) is 22.0 Å². The third kappa shape index (κ3) is 7.12. The van der Waals surface area contributed by atoms with Crippen molar-refractivity contribution in [2.45, 2.75) is 19.1 Å². The van der Waals surface area contributed by atoms with Crippen LogP contribution in [0.25, 0.3) is 0 Å². The molecule has 1 atom stereocenters. The molecular formula is C15H21F5N4. The van der Waals surface area contributed by atoms with Crippen LogP contribution in [0.1, 0.15) is 18.5 Å². The van der Waals surface area contributed by atoms with E-state index >= 15 is 0 Å². The Morgan fingerprint density at radius 1 is 1.29 bits per heavy atom. The quantitative estimate of drug-likeness (QED) is 0.470. The topological polar surface area (TPSA) is 39.7 Å². The van der Waals surface area contributed by atoms with Crippen LogP contribution in [0.3, 0.4) is 0 Å². The molecule has 0 aliphatic rings. The van der Waals surface area contributed by atoms with E-state index in [0.29, 0.717) is 5.96 Å². The Morgan fingerprint density at radius 3 is 2.50 bits per heavy atom. The van der Waals surface area contributed by atoms with Crippen molar-refractivity contribution in [3.63, 3.8) is 0 Å². The zero-order chi connectivity index (χ0) is 18.3. The van der Waals surface area contributed by atoms with E-state index in [4.69, 9.17) is 0 Å². The zero-order valence-electron chi connectivity index (χ0n) is 13.7. The highest BCUT2D eigenvalue weighted by atomic mass is 19.4. The normalized spacial score (nSPS) is 14.0. The minimum absolute atomic E-state index is 0.152. The average molecular weight is 352 g/mol. The van der Waals surface area contributed by atoms with E-state index in [2.05, 4.69) is 15.6 Å². The highest BCUT2D eigenvalue weighted by Crippen LogP contribution is 2.17. The molecule has 0 spiro atoms. The molecule has 0 amide bonds. The second-order valence-corrected chi connectivity index (χ2v) is 5.38. The number of nitrogens with zero attached hydrogens (tertiary/aromatic N) is 2. The number of likely N-dealkylation sites (N-methyl/N-ethyl adjacent to an activating group) is 1. The highest BCUT2D eigenvalue weighted by molar-refractivity contribution is 5.80. The van der Waals surface area contributed by atoms with Crippen LogP contribution >= 0.6 is 0 Å². The molecule has 0 bridgehead atoms. The molecule has 0 saturated heterocycles. The second kappa shape index (κ2) is 8.81. The number of hydrogen-bond acceptors (Lipinski definition) is 2. The molecule has 1 aromatic rings. The molecule has 0 heterocycles. The summed E-state index contributed by atoms with van der Waals surface area (Å²) in [7, 11) is 2.85. The minimum Gasteiger partial charge on any atom is -0.355 e. The number of guanidine groups is 1. The number of alkyl halides is 3. The molecule has 0 aliphatic heterocycles. The van der Waals surface area contributed by atoms with E-state index in [0.717, 1.165) is 17.0 Å². The van der Waals surface area contributed by atoms with E-state index in [-0.39, 0.29) is 18.7 Å². The maximum Gasteiger partial charge on any atom is 0.401 e. The van der Waals surface area contributed by atoms with Crippen LogP contribution in [-0.2, 0) is 0 Å². The van der Waals surface area contributed by atoms with Gasteiger partial charge in [0.25, 0.3) is 0 Å². The Bertz CT molecular complexity index is 559. The monoisotopic (exact) mass is 352 g/mol. The standard InChI is InChI=1S/C15H21F5N4/c1-10(12-5-4-11(16)8-13(12)17)23-14(21-2)22-6-7-24(3)9-15(18,19)20/h4-5,8,10H,6-7,9H2,1-3H3,(H2,21,22,23). The molecule has 0 aliphatic carbocycles. The summed E-state index contributed by atoms with van der Waals surface area (Å²) in [6, 6.07) is 2.77. The maximum absolute atomic E-state index is 13.7. The Balaban J connectivity index is 2.50. The molecule has 0 aromatic heterocycles. The second-order valence-electron chi connectivity index (χ2n) is 5.38. The van der Waals surface area contributed by atoms with Crippen LogP contribution in [0.4, 0.5) is 22.0 Å². The van der Waals surface area contributed by atoms with Crippen molar-refractivity contribution in [2.24, 2.45) is 4.99 Å². The number of benzene rings is 1. The van der Waals surface area contributed by atoms with Crippen molar-refractivity contribution in [3.05, 3.63) is 35.4 Å². The smallest absolute Gasteiger partial charge is 0.355 e. The number of hydrogen-bond donors (Lipinski definition) is 2. The highest BCUT2D eigenvalue weighted by Gasteiger charge is 2.28. The van der Waals surface area contributed by atoms with Gasteiger partial charge in [0.2, 0.25) is 0 Å². The first-order valence-electron chi connectivity index (χ1n) is 7.30. The molecule has 136 valence electrons. The van der Waals surface area contributed by atoms with E-state index in [1.165, 1.54) is 20.2 Å². The van der Waals surface area contributed by atoms with Gasteiger partial charge in [-0.25, -0.2) is 8.78 Å². The van der Waals surface area contributed by atoms with Gasteiger partial charge in [0.1, 0.15) is 11.6 Å². The molecule has 1 unspecified atom stereocenters. The van der Waals surface area contributed by atoms with Gasteiger partial charge in [-0.2, -0.15) is 13.2 Å². The lowest BCUT2D eigenvalue weighted by Crippen LogP contribution is -2.43. The van der Waals surface area contributed by atoms with Crippen LogP contribution in [0, 0.1) is 11.6 Å². The van der Waals surface area contributed by atoms with Gasteiger partial charge in [0, 0.05) is 31.8 Å². The molecular weight excluding hydrogens is 331 g/mol. The predicted molar refractivity (Wildman–Crippen MR) is 82.8 cm³/mol. The van der Waals surface area contributed by atoms with Gasteiger partial charge >= 0.3 is 6.18 Å². The summed E-state index contributed by atoms with van der Waals surface area (Å²) >= 11 is 0. The molecule has 0 fully saturated rings. The fourth-order valence-electron chi connectivity index (χ4n) is 2.08. The van der Waals surface area contributed by atoms with E-state index in [1.54, 1.807) is 6.92 Å². The lowest BCUT2D eigenvalue weighted by Gasteiger charge is -2.21. The Kier molecular flexibility index (Phi) is 7.40. The molecule has 9 heteroatoms. The third-order valence-electron chi connectivity index (χ3n) is 3.24. The lowest BCUT2D eigenvalue weighted by atomic mass is 10.1. The summed E-state index contributed by atoms with van der Waals surface area (Å²) < 4.78 is 63.3. The fraction of sp³-hybridized carbons (Fsp3) is 0.533. The number of rotatable bonds is 6. The number of halogens is 5. The fourth-order valence-corrected chi connectivity index (χ4v) is 2.08. The molecule has 0 radical (unpaired) electrons. The molecule has 1 aromatic carbocycles. The summed E-state index contributed by atoms with van der Waals surface area (Å²) in [5, 5.41) is 5.75. The van der Waals surface area contributed by atoms with Crippen LogP contribution in [-0.4, -0.2) is 50.8 Å². The molecule has 4 nitrogen and oxygen atoms in total. The Hall–Kier alpha value is -1.90. The van der Waals surface area contributed by atoms with Gasteiger partial charge in [-0.3, -0.25) is 9.89 Å². The lowest BCUT2D eigenvalue weighted by molar-refractivity contribution is -0.142. The van der Waals surface area contributed by atoms with Gasteiger partial charge in [0.15, 0.2) is 5.96 Å². The summed E-state index contributed by atoms with van der Waals surface area (Å²) in [5.41, 5.74) is 0.258. The van der Waals surface area contributed by atoms with Gasteiger partial charge < -0.3 is 10.6 Å². The summed E-state index contributed by atoms with van der Waals surface area (Å²) in [6.45, 7) is 1.04. The summed E-state index contributed by atoms with van der Waals surface area (Å²) in [6.07, 6.45) is -4.25. The van der Waals surface area contributed by atoms with Crippen molar-refractivity contribution >= 4 is 5.96 Å². The molecule has 24 heavy (non-hydrogen) atoms. The largest absolute Gasteiger partial charge is 0.401 e. The molecule has 2 N–H and O–H groups in total. The first-order chi connectivity index (χ1) is 11.1. The van der Waals surface area contributed by atoms with Gasteiger partial charge in [-0.15, -0.1) is 0 Å². The van der Waals surface area contributed by atoms with Crippen molar-refractivity contribution in [1.29, 1.82) is 0 Å². The SMILES string of the molecule is CN=C(NCCN(C)CC(F)(F)F)NC(C)c1ccc(F)cc1F. The van der Waals surface area contributed by atoms with Gasteiger partial charge in [0.05, 0.1) is 12.6 Å². The van der Waals surface area contributed by atoms with E-state index < -0.39 is 30.4 Å². The Labute approximate surface area is 137 Å². The van der Waals surface area contributed by atoms with Crippen LogP contribution in [0.5, 0.6) is 0 Å². The first kappa shape index (κ1) is 20.1. The van der Waals surface area contributed by atoms with Gasteiger partial charge in [-0.1, -0.05) is 6.07 Å². The van der Waals surface area contributed by atoms with Gasteiger partial charge in [-0.05, 0) is 20.0 Å². The van der Waals surface area contributed by atoms with Crippen molar-refractivity contribution in [1.82, 2.24) is 15.5 Å². The van der Waals surface area contributed by atoms with Crippen molar-refractivity contribution < 1.29 is 22.0 Å². The van der Waals surface area contributed by atoms with E-state index in [1.807, 2.05) is 0 Å². The maximum atomic E-state index is 13.7. The third-order valence-corrected chi connectivity index (χ3v) is 3.24. The van der Waals surface area contributed by atoms with Crippen LogP contribution < -0.4 is 10.6 Å². The minimum atomic E-state index is -4.25. The van der Waals surface area contributed by atoms with Crippen LogP contribution in [0.15, 0.2) is 23.2 Å². The van der Waals surface area contributed by atoms with Crippen LogP contribution in [0.2, 0.25) is 0 Å². The summed E-state index contributed by atoms with van der Waals surface area (Å²) in [4.78, 5) is 5.06. The molecule has 0 saturated carbocycles.